The van der Waals surface area contributed by atoms with Crippen LogP contribution in [0, 0.1) is 0 Å². The van der Waals surface area contributed by atoms with Crippen LogP contribution in [0.1, 0.15) is 11.1 Å². The topological polar surface area (TPSA) is 54.5 Å². The molecule has 1 heterocycles. The molecule has 0 saturated heterocycles. The first-order valence-electron chi connectivity index (χ1n) is 7.32. The molecule has 0 spiro atoms. The van der Waals surface area contributed by atoms with Crippen molar-refractivity contribution in [1.29, 1.82) is 0 Å². The highest BCUT2D eigenvalue weighted by molar-refractivity contribution is 7.90. The molecule has 0 aromatic heterocycles. The van der Waals surface area contributed by atoms with E-state index in [4.69, 9.17) is 11.6 Å². The van der Waals surface area contributed by atoms with Gasteiger partial charge < -0.3 is 4.90 Å². The molecule has 6 heteroatoms. The fraction of sp³-hybridized carbons (Fsp3) is 0.167. The van der Waals surface area contributed by atoms with Crippen LogP contribution < -0.4 is 0 Å². The third-order valence-corrected chi connectivity index (χ3v) is 5.37. The summed E-state index contributed by atoms with van der Waals surface area (Å²) in [4.78, 5) is 14.4. The largest absolute Gasteiger partial charge is 0.337 e. The summed E-state index contributed by atoms with van der Waals surface area (Å²) >= 11 is 6.07. The molecule has 1 aliphatic heterocycles. The van der Waals surface area contributed by atoms with Crippen molar-refractivity contribution >= 4 is 38.5 Å². The van der Waals surface area contributed by atoms with Crippen LogP contribution in [0.3, 0.4) is 0 Å². The number of nitrogens with zero attached hydrogens (tertiary/aromatic N) is 1. The predicted octanol–water partition coefficient (Wildman–Crippen LogP) is 3.13. The van der Waals surface area contributed by atoms with Crippen molar-refractivity contribution in [1.82, 2.24) is 4.90 Å². The van der Waals surface area contributed by atoms with Gasteiger partial charge in [0.25, 0.3) is 5.91 Å². The zero-order valence-electron chi connectivity index (χ0n) is 13.3. The highest BCUT2D eigenvalue weighted by Gasteiger charge is 2.29. The molecular formula is C18H16ClNO3S. The Balaban J connectivity index is 2.14. The lowest BCUT2D eigenvalue weighted by molar-refractivity contribution is -0.122. The quantitative estimate of drug-likeness (QED) is 0.844. The summed E-state index contributed by atoms with van der Waals surface area (Å²) in [5.41, 5.74) is 3.06. The summed E-state index contributed by atoms with van der Waals surface area (Å²) in [7, 11) is -1.53. The van der Waals surface area contributed by atoms with Crippen LogP contribution in [0.4, 0.5) is 0 Å². The third-order valence-electron chi connectivity index (χ3n) is 4.00. The van der Waals surface area contributed by atoms with Gasteiger partial charge in [-0.15, -0.1) is 0 Å². The molecule has 4 nitrogen and oxygen atoms in total. The number of likely N-dealkylation sites (N-methyl/N-ethyl adjacent to an activating group) is 1. The molecule has 24 heavy (non-hydrogen) atoms. The van der Waals surface area contributed by atoms with E-state index in [1.807, 2.05) is 18.2 Å². The third kappa shape index (κ3) is 3.09. The normalized spacial score (nSPS) is 15.3. The van der Waals surface area contributed by atoms with E-state index in [-0.39, 0.29) is 10.8 Å². The summed E-state index contributed by atoms with van der Waals surface area (Å²) < 4.78 is 23.2. The van der Waals surface area contributed by atoms with Crippen LogP contribution in [0.25, 0.3) is 11.1 Å². The number of sulfone groups is 1. The van der Waals surface area contributed by atoms with Crippen molar-refractivity contribution in [3.05, 3.63) is 64.7 Å². The highest BCUT2D eigenvalue weighted by atomic mass is 35.5. The maximum atomic E-state index is 12.6. The molecule has 0 unspecified atom stereocenters. The van der Waals surface area contributed by atoms with E-state index in [0.717, 1.165) is 17.4 Å². The summed E-state index contributed by atoms with van der Waals surface area (Å²) in [5, 5.41) is 0.605. The Morgan fingerprint density at radius 1 is 1.04 bits per heavy atom. The minimum atomic E-state index is -3.27. The van der Waals surface area contributed by atoms with Crippen molar-refractivity contribution in [2.24, 2.45) is 0 Å². The molecule has 0 radical (unpaired) electrons. The van der Waals surface area contributed by atoms with E-state index in [1.165, 1.54) is 12.1 Å². The number of hydrogen-bond donors (Lipinski definition) is 0. The fourth-order valence-electron chi connectivity index (χ4n) is 2.79. The Kier molecular flexibility index (Phi) is 4.24. The molecule has 2 aromatic rings. The van der Waals surface area contributed by atoms with Gasteiger partial charge in [0.2, 0.25) is 0 Å². The van der Waals surface area contributed by atoms with E-state index >= 15 is 0 Å². The maximum absolute atomic E-state index is 12.6. The number of rotatable bonds is 3. The van der Waals surface area contributed by atoms with E-state index in [9.17, 15) is 13.2 Å². The van der Waals surface area contributed by atoms with Crippen LogP contribution in [-0.4, -0.2) is 39.1 Å². The van der Waals surface area contributed by atoms with E-state index in [1.54, 1.807) is 30.1 Å². The second kappa shape index (κ2) is 6.07. The van der Waals surface area contributed by atoms with Gasteiger partial charge in [-0.2, -0.15) is 0 Å². The number of amides is 1. The summed E-state index contributed by atoms with van der Waals surface area (Å²) in [6.07, 6.45) is 1.16. The first-order chi connectivity index (χ1) is 11.3. The minimum absolute atomic E-state index is 0.0860. The molecule has 2 aromatic carbocycles. The van der Waals surface area contributed by atoms with E-state index < -0.39 is 9.84 Å². The summed E-state index contributed by atoms with van der Waals surface area (Å²) in [6.45, 7) is 0.488. The molecule has 0 atom stereocenters. The second-order valence-corrected chi connectivity index (χ2v) is 8.27. The number of benzene rings is 2. The SMILES string of the molecule is CN1CC(c2cccc(Cl)c2)=C(c2ccc(S(C)(=O)=O)cc2)C1=O. The number of carbonyl (C=O) groups excluding carboxylic acids is 1. The van der Waals surface area contributed by atoms with Crippen molar-refractivity contribution < 1.29 is 13.2 Å². The molecule has 0 saturated carbocycles. The zero-order valence-corrected chi connectivity index (χ0v) is 14.9. The van der Waals surface area contributed by atoms with Crippen molar-refractivity contribution in [2.45, 2.75) is 4.90 Å². The molecule has 0 N–H and O–H groups in total. The lowest BCUT2D eigenvalue weighted by Gasteiger charge is -2.08. The first-order valence-corrected chi connectivity index (χ1v) is 9.59. The summed E-state index contributed by atoms with van der Waals surface area (Å²) in [5.74, 6) is -0.0860. The lowest BCUT2D eigenvalue weighted by atomic mass is 9.97. The fourth-order valence-corrected chi connectivity index (χ4v) is 3.61. The van der Waals surface area contributed by atoms with Gasteiger partial charge >= 0.3 is 0 Å². The van der Waals surface area contributed by atoms with Crippen LogP contribution in [0.15, 0.2) is 53.4 Å². The Morgan fingerprint density at radius 2 is 1.71 bits per heavy atom. The van der Waals surface area contributed by atoms with Crippen molar-refractivity contribution in [3.63, 3.8) is 0 Å². The Morgan fingerprint density at radius 3 is 2.29 bits per heavy atom. The van der Waals surface area contributed by atoms with Crippen LogP contribution >= 0.6 is 11.6 Å². The second-order valence-electron chi connectivity index (χ2n) is 5.82. The van der Waals surface area contributed by atoms with Crippen molar-refractivity contribution in [2.75, 3.05) is 19.8 Å². The smallest absolute Gasteiger partial charge is 0.254 e. The molecule has 0 bridgehead atoms. The van der Waals surface area contributed by atoms with Crippen LogP contribution in [-0.2, 0) is 14.6 Å². The molecule has 0 fully saturated rings. The van der Waals surface area contributed by atoms with Gasteiger partial charge in [-0.25, -0.2) is 8.42 Å². The predicted molar refractivity (Wildman–Crippen MR) is 95.5 cm³/mol. The number of carbonyl (C=O) groups is 1. The number of halogens is 1. The average molecular weight is 362 g/mol. The Labute approximate surface area is 146 Å². The standard InChI is InChI=1S/C18H16ClNO3S/c1-20-11-16(13-4-3-5-14(19)10-13)17(18(20)21)12-6-8-15(9-7-12)24(2,22)23/h3-10H,11H2,1-2H3. The van der Waals surface area contributed by atoms with E-state index in [2.05, 4.69) is 0 Å². The molecule has 1 aliphatic rings. The molecule has 0 aliphatic carbocycles. The monoisotopic (exact) mass is 361 g/mol. The van der Waals surface area contributed by atoms with Crippen LogP contribution in [0.5, 0.6) is 0 Å². The number of hydrogen-bond acceptors (Lipinski definition) is 3. The van der Waals surface area contributed by atoms with Crippen molar-refractivity contribution in [3.8, 4) is 0 Å². The lowest BCUT2D eigenvalue weighted by Crippen LogP contribution is -2.21. The maximum Gasteiger partial charge on any atom is 0.254 e. The molecular weight excluding hydrogens is 346 g/mol. The van der Waals surface area contributed by atoms with Gasteiger partial charge in [0.15, 0.2) is 9.84 Å². The molecule has 3 rings (SSSR count). The highest BCUT2D eigenvalue weighted by Crippen LogP contribution is 2.34. The van der Waals surface area contributed by atoms with Crippen LogP contribution in [0.2, 0.25) is 5.02 Å². The molecule has 124 valence electrons. The summed E-state index contributed by atoms with van der Waals surface area (Å²) in [6, 6.07) is 13.8. The average Bonchev–Trinajstić information content (AvgIpc) is 2.82. The zero-order chi connectivity index (χ0) is 17.5. The Hall–Kier alpha value is -2.11. The molecule has 1 amide bonds. The van der Waals surface area contributed by atoms with Gasteiger partial charge in [-0.05, 0) is 41.0 Å². The Bertz CT molecular complexity index is 946. The first kappa shape index (κ1) is 16.7. The van der Waals surface area contributed by atoms with Gasteiger partial charge in [-0.1, -0.05) is 35.9 Å². The van der Waals surface area contributed by atoms with Gasteiger partial charge in [0.05, 0.1) is 10.5 Å². The van der Waals surface area contributed by atoms with Gasteiger partial charge in [0.1, 0.15) is 0 Å². The van der Waals surface area contributed by atoms with E-state index in [0.29, 0.717) is 22.7 Å². The van der Waals surface area contributed by atoms with Gasteiger partial charge in [0, 0.05) is 24.9 Å². The van der Waals surface area contributed by atoms with Gasteiger partial charge in [-0.3, -0.25) is 4.79 Å². The minimum Gasteiger partial charge on any atom is -0.337 e.